The Hall–Kier alpha value is -4.94. The van der Waals surface area contributed by atoms with Gasteiger partial charge in [-0.05, 0) is 36.4 Å². The second kappa shape index (κ2) is 10.3. The monoisotopic (exact) mass is 547 g/mol. The summed E-state index contributed by atoms with van der Waals surface area (Å²) in [6.07, 6.45) is 0. The minimum Gasteiger partial charge on any atom is -0.497 e. The number of alkyl halides is 1. The minimum atomic E-state index is -0.463. The fourth-order valence-corrected chi connectivity index (χ4v) is 5.23. The molecule has 6 rings (SSSR count). The van der Waals surface area contributed by atoms with Gasteiger partial charge in [0.1, 0.15) is 23.1 Å². The lowest BCUT2D eigenvalue weighted by atomic mass is 9.80. The first-order valence-corrected chi connectivity index (χ1v) is 13.1. The number of methoxy groups -OCH3 is 1. The van der Waals surface area contributed by atoms with Gasteiger partial charge in [-0.15, -0.1) is 11.6 Å². The number of anilines is 2. The second-order valence-electron chi connectivity index (χ2n) is 9.15. The zero-order valence-electron chi connectivity index (χ0n) is 21.4. The molecule has 0 atom stereocenters. The van der Waals surface area contributed by atoms with Gasteiger partial charge in [-0.3, -0.25) is 19.3 Å². The van der Waals surface area contributed by atoms with E-state index in [0.29, 0.717) is 28.0 Å². The Kier molecular flexibility index (Phi) is 6.54. The van der Waals surface area contributed by atoms with Gasteiger partial charge in [-0.25, -0.2) is 0 Å². The van der Waals surface area contributed by atoms with Crippen LogP contribution in [-0.2, 0) is 4.79 Å². The van der Waals surface area contributed by atoms with E-state index in [0.717, 1.165) is 0 Å². The van der Waals surface area contributed by atoms with Gasteiger partial charge >= 0.3 is 0 Å². The SMILES string of the molecule is COc1ccc(N(C(=O)CCl)c2c3c(c(Oc4ccccc4)c4ccccc24)C(=O)c2ccccc2C3=O)cc1. The van der Waals surface area contributed by atoms with Crippen LogP contribution in [0.3, 0.4) is 0 Å². The first-order valence-electron chi connectivity index (χ1n) is 12.6. The van der Waals surface area contributed by atoms with Crippen LogP contribution in [0.1, 0.15) is 31.8 Å². The molecule has 0 fully saturated rings. The number of nitrogens with zero attached hydrogens (tertiary/aromatic N) is 1. The Morgan fingerprint density at radius 1 is 0.700 bits per heavy atom. The molecule has 0 bridgehead atoms. The molecule has 0 saturated heterocycles. The predicted molar refractivity (Wildman–Crippen MR) is 155 cm³/mol. The lowest BCUT2D eigenvalue weighted by Crippen LogP contribution is -2.31. The molecule has 40 heavy (non-hydrogen) atoms. The molecule has 6 nitrogen and oxygen atoms in total. The van der Waals surface area contributed by atoms with Crippen molar-refractivity contribution in [1.29, 1.82) is 0 Å². The molecule has 0 aliphatic heterocycles. The van der Waals surface area contributed by atoms with Crippen molar-refractivity contribution >= 4 is 51.2 Å². The Morgan fingerprint density at radius 2 is 1.27 bits per heavy atom. The van der Waals surface area contributed by atoms with Crippen LogP contribution < -0.4 is 14.4 Å². The van der Waals surface area contributed by atoms with Gasteiger partial charge in [0.25, 0.3) is 0 Å². The van der Waals surface area contributed by atoms with Gasteiger partial charge in [0.2, 0.25) is 5.91 Å². The van der Waals surface area contributed by atoms with E-state index in [1.807, 2.05) is 36.4 Å². The molecule has 0 N–H and O–H groups in total. The Labute approximate surface area is 235 Å². The van der Waals surface area contributed by atoms with Crippen molar-refractivity contribution in [3.63, 3.8) is 0 Å². The summed E-state index contributed by atoms with van der Waals surface area (Å²) in [5, 5.41) is 1.13. The summed E-state index contributed by atoms with van der Waals surface area (Å²) in [5.41, 5.74) is 1.46. The van der Waals surface area contributed by atoms with Gasteiger partial charge in [0, 0.05) is 27.6 Å². The number of ether oxygens (including phenoxy) is 2. The molecule has 0 saturated carbocycles. The molecular formula is C33H22ClNO5. The Balaban J connectivity index is 1.74. The third-order valence-electron chi connectivity index (χ3n) is 6.89. The number of amides is 1. The fourth-order valence-electron chi connectivity index (χ4n) is 5.11. The number of hydrogen-bond acceptors (Lipinski definition) is 5. The molecule has 1 aliphatic carbocycles. The highest BCUT2D eigenvalue weighted by molar-refractivity contribution is 6.36. The van der Waals surface area contributed by atoms with E-state index in [9.17, 15) is 14.4 Å². The molecule has 5 aromatic rings. The number of benzene rings is 5. The third-order valence-corrected chi connectivity index (χ3v) is 7.12. The van der Waals surface area contributed by atoms with Gasteiger partial charge in [-0.2, -0.15) is 0 Å². The van der Waals surface area contributed by atoms with E-state index in [4.69, 9.17) is 21.1 Å². The molecule has 0 unspecified atom stereocenters. The van der Waals surface area contributed by atoms with E-state index in [-0.39, 0.29) is 51.1 Å². The second-order valence-corrected chi connectivity index (χ2v) is 9.42. The molecular weight excluding hydrogens is 526 g/mol. The fraction of sp³-hybridized carbons (Fsp3) is 0.0606. The number of rotatable bonds is 6. The van der Waals surface area contributed by atoms with Crippen LogP contribution in [-0.4, -0.2) is 30.5 Å². The number of ketones is 2. The quantitative estimate of drug-likeness (QED) is 0.204. The highest BCUT2D eigenvalue weighted by Crippen LogP contribution is 2.48. The van der Waals surface area contributed by atoms with Crippen molar-refractivity contribution in [3.05, 3.63) is 125 Å². The van der Waals surface area contributed by atoms with Gasteiger partial charge in [-0.1, -0.05) is 66.7 Å². The maximum absolute atomic E-state index is 14.3. The van der Waals surface area contributed by atoms with Crippen molar-refractivity contribution in [2.75, 3.05) is 17.9 Å². The van der Waals surface area contributed by atoms with Crippen LogP contribution in [0.4, 0.5) is 11.4 Å². The normalized spacial score (nSPS) is 12.1. The number of halogens is 1. The smallest absolute Gasteiger partial charge is 0.246 e. The molecule has 5 aromatic carbocycles. The molecule has 1 aliphatic rings. The maximum Gasteiger partial charge on any atom is 0.246 e. The van der Waals surface area contributed by atoms with Gasteiger partial charge in [0.15, 0.2) is 11.6 Å². The predicted octanol–water partition coefficient (Wildman–Crippen LogP) is 7.32. The molecule has 7 heteroatoms. The number of hydrogen-bond donors (Lipinski definition) is 0. The number of carbonyl (C=O) groups excluding carboxylic acids is 3. The van der Waals surface area contributed by atoms with Crippen LogP contribution in [0.15, 0.2) is 103 Å². The summed E-state index contributed by atoms with van der Waals surface area (Å²) >= 11 is 6.13. The lowest BCUT2D eigenvalue weighted by molar-refractivity contribution is -0.115. The molecule has 0 spiro atoms. The van der Waals surface area contributed by atoms with E-state index in [1.165, 1.54) is 4.90 Å². The largest absolute Gasteiger partial charge is 0.497 e. The third kappa shape index (κ3) is 4.10. The van der Waals surface area contributed by atoms with Crippen molar-refractivity contribution in [1.82, 2.24) is 0 Å². The van der Waals surface area contributed by atoms with Crippen molar-refractivity contribution in [3.8, 4) is 17.2 Å². The maximum atomic E-state index is 14.3. The zero-order chi connectivity index (χ0) is 27.8. The Bertz CT molecular complexity index is 1800. The summed E-state index contributed by atoms with van der Waals surface area (Å²) in [6.45, 7) is 0. The summed E-state index contributed by atoms with van der Waals surface area (Å²) in [7, 11) is 1.55. The van der Waals surface area contributed by atoms with Gasteiger partial charge < -0.3 is 9.47 Å². The highest BCUT2D eigenvalue weighted by atomic mass is 35.5. The molecule has 196 valence electrons. The first-order chi connectivity index (χ1) is 19.5. The highest BCUT2D eigenvalue weighted by Gasteiger charge is 2.39. The molecule has 1 amide bonds. The molecule has 0 radical (unpaired) electrons. The van der Waals surface area contributed by atoms with Crippen LogP contribution in [0.25, 0.3) is 10.8 Å². The van der Waals surface area contributed by atoms with E-state index < -0.39 is 5.91 Å². The number of para-hydroxylation sites is 1. The van der Waals surface area contributed by atoms with E-state index >= 15 is 0 Å². The van der Waals surface area contributed by atoms with E-state index in [2.05, 4.69) is 0 Å². The zero-order valence-corrected chi connectivity index (χ0v) is 22.1. The summed E-state index contributed by atoms with van der Waals surface area (Å²) < 4.78 is 11.7. The summed E-state index contributed by atoms with van der Waals surface area (Å²) in [4.78, 5) is 43.4. The Morgan fingerprint density at radius 3 is 1.90 bits per heavy atom. The topological polar surface area (TPSA) is 72.9 Å². The molecule has 0 heterocycles. The van der Waals surface area contributed by atoms with Crippen molar-refractivity contribution in [2.45, 2.75) is 0 Å². The van der Waals surface area contributed by atoms with Crippen molar-refractivity contribution in [2.24, 2.45) is 0 Å². The summed E-state index contributed by atoms with van der Waals surface area (Å²) in [6, 6.07) is 29.8. The van der Waals surface area contributed by atoms with Crippen LogP contribution in [0, 0.1) is 0 Å². The average molecular weight is 548 g/mol. The minimum absolute atomic E-state index is 0.0858. The van der Waals surface area contributed by atoms with Crippen LogP contribution in [0.2, 0.25) is 0 Å². The lowest BCUT2D eigenvalue weighted by Gasteiger charge is -2.31. The number of fused-ring (bicyclic) bond motifs is 3. The standard InChI is InChI=1S/C33H22ClNO5/c1-39-21-17-15-20(16-18-21)35(27(36)19-34)30-23-11-5-8-14-26(23)33(40-22-9-3-2-4-10-22)29-28(30)31(37)24-12-6-7-13-25(24)32(29)38/h2-18H,19H2,1H3. The van der Waals surface area contributed by atoms with Crippen LogP contribution in [0.5, 0.6) is 17.2 Å². The van der Waals surface area contributed by atoms with Crippen molar-refractivity contribution < 1.29 is 23.9 Å². The summed E-state index contributed by atoms with van der Waals surface area (Å²) in [5.74, 6) is -0.209. The first kappa shape index (κ1) is 25.3. The van der Waals surface area contributed by atoms with Crippen LogP contribution >= 0.6 is 11.6 Å². The number of carbonyl (C=O) groups is 3. The average Bonchev–Trinajstić information content (AvgIpc) is 3.01. The molecule has 0 aromatic heterocycles. The van der Waals surface area contributed by atoms with E-state index in [1.54, 1.807) is 73.8 Å². The van der Waals surface area contributed by atoms with Gasteiger partial charge in [0.05, 0.1) is 23.9 Å².